The summed E-state index contributed by atoms with van der Waals surface area (Å²) in [4.78, 5) is 0. The number of hydrogen-bond donors (Lipinski definition) is 2. The molecule has 96 valence electrons. The van der Waals surface area contributed by atoms with Crippen LogP contribution in [0, 0.1) is 5.41 Å². The van der Waals surface area contributed by atoms with Crippen LogP contribution in [0.5, 0.6) is 0 Å². The summed E-state index contributed by atoms with van der Waals surface area (Å²) in [6, 6.07) is 0. The van der Waals surface area contributed by atoms with Crippen LogP contribution in [-0.2, 0) is 14.2 Å². The highest BCUT2D eigenvalue weighted by molar-refractivity contribution is 5.00. The van der Waals surface area contributed by atoms with Gasteiger partial charge in [-0.15, -0.1) is 0 Å². The lowest BCUT2D eigenvalue weighted by Gasteiger charge is -2.49. The predicted molar refractivity (Wildman–Crippen MR) is 60.0 cm³/mol. The lowest BCUT2D eigenvalue weighted by atomic mass is 9.67. The molecule has 1 aliphatic rings. The second-order valence-electron chi connectivity index (χ2n) is 4.55. The molecule has 0 aromatic heterocycles. The van der Waals surface area contributed by atoms with Crippen LogP contribution in [0.15, 0.2) is 0 Å². The SMILES string of the molecule is COC(OC)C(C)(O)C1(CN)CCOCC1. The third-order valence-corrected chi connectivity index (χ3v) is 3.80. The number of nitrogens with two attached hydrogens (primary N) is 1. The quantitative estimate of drug-likeness (QED) is 0.659. The Morgan fingerprint density at radius 3 is 2.25 bits per heavy atom. The van der Waals surface area contributed by atoms with Crippen molar-refractivity contribution < 1.29 is 19.3 Å². The Morgan fingerprint density at radius 1 is 1.38 bits per heavy atom. The van der Waals surface area contributed by atoms with Gasteiger partial charge in [0.1, 0.15) is 5.60 Å². The van der Waals surface area contributed by atoms with Crippen LogP contribution in [-0.4, -0.2) is 51.0 Å². The lowest BCUT2D eigenvalue weighted by Crippen LogP contribution is -2.60. The first-order chi connectivity index (χ1) is 7.54. The van der Waals surface area contributed by atoms with Crippen molar-refractivity contribution >= 4 is 0 Å². The molecule has 1 saturated heterocycles. The summed E-state index contributed by atoms with van der Waals surface area (Å²) in [5.74, 6) is 0. The van der Waals surface area contributed by atoms with Gasteiger partial charge >= 0.3 is 0 Å². The van der Waals surface area contributed by atoms with Crippen LogP contribution in [0.1, 0.15) is 19.8 Å². The molecule has 1 fully saturated rings. The predicted octanol–water partition coefficient (Wildman–Crippen LogP) is 0.112. The minimum Gasteiger partial charge on any atom is -0.384 e. The van der Waals surface area contributed by atoms with Gasteiger partial charge in [0.2, 0.25) is 0 Å². The summed E-state index contributed by atoms with van der Waals surface area (Å²) in [5.41, 5.74) is 4.33. The zero-order valence-electron chi connectivity index (χ0n) is 10.4. The first-order valence-corrected chi connectivity index (χ1v) is 5.60. The van der Waals surface area contributed by atoms with Crippen LogP contribution in [0.2, 0.25) is 0 Å². The monoisotopic (exact) mass is 233 g/mol. The molecule has 0 aromatic rings. The van der Waals surface area contributed by atoms with Gasteiger partial charge in [-0.2, -0.15) is 0 Å². The Balaban J connectivity index is 2.91. The van der Waals surface area contributed by atoms with Crippen LogP contribution >= 0.6 is 0 Å². The minimum absolute atomic E-state index is 0.395. The Bertz CT molecular complexity index is 210. The van der Waals surface area contributed by atoms with Crippen molar-refractivity contribution in [2.75, 3.05) is 34.0 Å². The van der Waals surface area contributed by atoms with Crippen molar-refractivity contribution in [2.24, 2.45) is 11.1 Å². The molecule has 1 rings (SSSR count). The van der Waals surface area contributed by atoms with Gasteiger partial charge in [-0.1, -0.05) is 0 Å². The van der Waals surface area contributed by atoms with Crippen LogP contribution in [0.3, 0.4) is 0 Å². The Hall–Kier alpha value is -0.200. The molecular formula is C11H23NO4. The molecule has 0 aromatic carbocycles. The van der Waals surface area contributed by atoms with E-state index in [2.05, 4.69) is 0 Å². The molecule has 3 N–H and O–H groups in total. The highest BCUT2D eigenvalue weighted by atomic mass is 16.7. The molecule has 1 atom stereocenters. The summed E-state index contributed by atoms with van der Waals surface area (Å²) < 4.78 is 15.7. The maximum atomic E-state index is 10.7. The fraction of sp³-hybridized carbons (Fsp3) is 1.00. The summed E-state index contributed by atoms with van der Waals surface area (Å²) in [6.45, 7) is 3.36. The van der Waals surface area contributed by atoms with E-state index in [1.807, 2.05) is 0 Å². The number of rotatable bonds is 5. The molecule has 1 unspecified atom stereocenters. The molecule has 0 amide bonds. The second kappa shape index (κ2) is 5.42. The number of hydrogen-bond acceptors (Lipinski definition) is 5. The standard InChI is InChI=1S/C11H23NO4/c1-10(13,9(14-2)15-3)11(8-12)4-6-16-7-5-11/h9,13H,4-8,12H2,1-3H3. The van der Waals surface area contributed by atoms with Gasteiger partial charge in [-0.3, -0.25) is 0 Å². The maximum absolute atomic E-state index is 10.7. The molecule has 0 saturated carbocycles. The van der Waals surface area contributed by atoms with Crippen molar-refractivity contribution in [3.05, 3.63) is 0 Å². The van der Waals surface area contributed by atoms with Crippen LogP contribution in [0.25, 0.3) is 0 Å². The highest BCUT2D eigenvalue weighted by Crippen LogP contribution is 2.42. The molecule has 5 heteroatoms. The lowest BCUT2D eigenvalue weighted by molar-refractivity contribution is -0.261. The van der Waals surface area contributed by atoms with Gasteiger partial charge in [0.15, 0.2) is 6.29 Å². The van der Waals surface area contributed by atoms with E-state index in [-0.39, 0.29) is 0 Å². The molecule has 0 aliphatic carbocycles. The summed E-state index contributed by atoms with van der Waals surface area (Å²) in [5, 5.41) is 10.7. The Kier molecular flexibility index (Phi) is 4.70. The van der Waals surface area contributed by atoms with E-state index in [9.17, 15) is 5.11 Å². The first kappa shape index (κ1) is 13.9. The zero-order chi connectivity index (χ0) is 12.2. The Labute approximate surface area is 96.9 Å². The van der Waals surface area contributed by atoms with Crippen LogP contribution < -0.4 is 5.73 Å². The number of aliphatic hydroxyl groups is 1. The zero-order valence-corrected chi connectivity index (χ0v) is 10.4. The molecule has 16 heavy (non-hydrogen) atoms. The molecule has 1 heterocycles. The van der Waals surface area contributed by atoms with Crippen molar-refractivity contribution in [3.63, 3.8) is 0 Å². The maximum Gasteiger partial charge on any atom is 0.185 e. The molecule has 0 radical (unpaired) electrons. The number of ether oxygens (including phenoxy) is 3. The largest absolute Gasteiger partial charge is 0.384 e. The van der Waals surface area contributed by atoms with E-state index in [1.54, 1.807) is 6.92 Å². The fourth-order valence-electron chi connectivity index (χ4n) is 2.48. The van der Waals surface area contributed by atoms with E-state index in [1.165, 1.54) is 14.2 Å². The fourth-order valence-corrected chi connectivity index (χ4v) is 2.48. The van der Waals surface area contributed by atoms with E-state index < -0.39 is 17.3 Å². The van der Waals surface area contributed by atoms with E-state index >= 15 is 0 Å². The smallest absolute Gasteiger partial charge is 0.185 e. The van der Waals surface area contributed by atoms with Gasteiger partial charge in [0.05, 0.1) is 0 Å². The van der Waals surface area contributed by atoms with Crippen molar-refractivity contribution in [2.45, 2.75) is 31.7 Å². The summed E-state index contributed by atoms with van der Waals surface area (Å²) >= 11 is 0. The van der Waals surface area contributed by atoms with Gasteiger partial charge in [-0.25, -0.2) is 0 Å². The highest BCUT2D eigenvalue weighted by Gasteiger charge is 2.52. The third kappa shape index (κ3) is 2.24. The number of methoxy groups -OCH3 is 2. The minimum atomic E-state index is -1.12. The average molecular weight is 233 g/mol. The van der Waals surface area contributed by atoms with Gasteiger partial charge in [0.25, 0.3) is 0 Å². The van der Waals surface area contributed by atoms with Crippen LogP contribution in [0.4, 0.5) is 0 Å². The van der Waals surface area contributed by atoms with Gasteiger partial charge in [0, 0.05) is 39.4 Å². The molecular weight excluding hydrogens is 210 g/mol. The molecule has 1 aliphatic heterocycles. The second-order valence-corrected chi connectivity index (χ2v) is 4.55. The topological polar surface area (TPSA) is 73.9 Å². The van der Waals surface area contributed by atoms with Crippen molar-refractivity contribution in [1.29, 1.82) is 0 Å². The van der Waals surface area contributed by atoms with E-state index in [4.69, 9.17) is 19.9 Å². The first-order valence-electron chi connectivity index (χ1n) is 5.60. The van der Waals surface area contributed by atoms with E-state index in [0.29, 0.717) is 19.8 Å². The summed E-state index contributed by atoms with van der Waals surface area (Å²) in [7, 11) is 3.04. The van der Waals surface area contributed by atoms with Crippen molar-refractivity contribution in [1.82, 2.24) is 0 Å². The summed E-state index contributed by atoms with van der Waals surface area (Å²) in [6.07, 6.45) is 0.772. The third-order valence-electron chi connectivity index (χ3n) is 3.80. The molecule has 5 nitrogen and oxygen atoms in total. The average Bonchev–Trinajstić information content (AvgIpc) is 2.31. The van der Waals surface area contributed by atoms with Gasteiger partial charge in [-0.05, 0) is 19.8 Å². The van der Waals surface area contributed by atoms with Crippen molar-refractivity contribution in [3.8, 4) is 0 Å². The molecule has 0 bridgehead atoms. The van der Waals surface area contributed by atoms with Gasteiger partial charge < -0.3 is 25.1 Å². The molecule has 0 spiro atoms. The normalized spacial score (nSPS) is 24.4. The Morgan fingerprint density at radius 2 is 1.88 bits per heavy atom. The van der Waals surface area contributed by atoms with E-state index in [0.717, 1.165) is 12.8 Å².